The number of carbonyl (C=O) groups excluding carboxylic acids is 3. The molecule has 0 saturated heterocycles. The van der Waals surface area contributed by atoms with Crippen LogP contribution in [0.5, 0.6) is 0 Å². The Morgan fingerprint density at radius 2 is 2.00 bits per heavy atom. The van der Waals surface area contributed by atoms with E-state index in [0.29, 0.717) is 12.7 Å². The smallest absolute Gasteiger partial charge is 0.273 e. The van der Waals surface area contributed by atoms with Gasteiger partial charge in [-0.3, -0.25) is 14.4 Å². The van der Waals surface area contributed by atoms with Gasteiger partial charge in [-0.15, -0.1) is 0 Å². The Hall–Kier alpha value is -2.48. The van der Waals surface area contributed by atoms with Gasteiger partial charge in [-0.05, 0) is 17.7 Å². The van der Waals surface area contributed by atoms with Gasteiger partial charge >= 0.3 is 0 Å². The maximum Gasteiger partial charge on any atom is 0.273 e. The van der Waals surface area contributed by atoms with E-state index in [1.165, 1.54) is 21.4 Å². The molecule has 0 radical (unpaired) electrons. The SMILES string of the molecule is CN(C)C(=O)c1c(N(C)C=O)nc(C=O)n1Cc1cccc(Br)c1. The Bertz CT molecular complexity index is 786. The van der Waals surface area contributed by atoms with Crippen LogP contribution in [0, 0.1) is 0 Å². The van der Waals surface area contributed by atoms with E-state index in [9.17, 15) is 14.4 Å². The molecule has 0 unspecified atom stereocenters. The van der Waals surface area contributed by atoms with Crippen LogP contribution in [0.15, 0.2) is 28.7 Å². The largest absolute Gasteiger partial charge is 0.343 e. The van der Waals surface area contributed by atoms with Crippen molar-refractivity contribution in [1.82, 2.24) is 14.5 Å². The average molecular weight is 393 g/mol. The zero-order valence-corrected chi connectivity index (χ0v) is 15.1. The molecule has 1 aromatic heterocycles. The number of anilines is 1. The van der Waals surface area contributed by atoms with Crippen molar-refractivity contribution in [2.45, 2.75) is 6.54 Å². The van der Waals surface area contributed by atoms with Crippen LogP contribution in [0.2, 0.25) is 0 Å². The summed E-state index contributed by atoms with van der Waals surface area (Å²) in [5.74, 6) is -0.0982. The predicted octanol–water partition coefficient (Wildman–Crippen LogP) is 1.80. The van der Waals surface area contributed by atoms with E-state index < -0.39 is 0 Å². The second-order valence-corrected chi connectivity index (χ2v) is 6.31. The first kappa shape index (κ1) is 17.9. The normalized spacial score (nSPS) is 10.3. The van der Waals surface area contributed by atoms with Crippen LogP contribution in [-0.4, -0.2) is 54.2 Å². The fourth-order valence-electron chi connectivity index (χ4n) is 2.24. The molecule has 126 valence electrons. The summed E-state index contributed by atoms with van der Waals surface area (Å²) in [6.45, 7) is 0.280. The highest BCUT2D eigenvalue weighted by Gasteiger charge is 2.26. The van der Waals surface area contributed by atoms with E-state index in [1.807, 2.05) is 24.3 Å². The first-order chi connectivity index (χ1) is 11.4. The standard InChI is InChI=1S/C16H17BrN4O3/c1-19(2)16(24)14-15(20(3)10-23)18-13(9-22)21(14)8-11-5-4-6-12(17)7-11/h4-7,9-10H,8H2,1-3H3. The molecule has 0 spiro atoms. The van der Waals surface area contributed by atoms with Crippen molar-refractivity contribution in [3.63, 3.8) is 0 Å². The highest BCUT2D eigenvalue weighted by Crippen LogP contribution is 2.23. The second kappa shape index (κ2) is 7.39. The van der Waals surface area contributed by atoms with Gasteiger partial charge in [-0.25, -0.2) is 4.98 Å². The lowest BCUT2D eigenvalue weighted by atomic mass is 10.2. The number of benzene rings is 1. The van der Waals surface area contributed by atoms with Gasteiger partial charge in [-0.2, -0.15) is 0 Å². The number of carbonyl (C=O) groups is 3. The molecule has 0 bridgehead atoms. The molecule has 0 aliphatic rings. The molecule has 0 N–H and O–H groups in total. The molecule has 2 rings (SSSR count). The maximum absolute atomic E-state index is 12.6. The minimum absolute atomic E-state index is 0.0869. The topological polar surface area (TPSA) is 75.5 Å². The first-order valence-electron chi connectivity index (χ1n) is 7.09. The summed E-state index contributed by atoms with van der Waals surface area (Å²) in [5.41, 5.74) is 1.08. The minimum atomic E-state index is -0.339. The quantitative estimate of drug-likeness (QED) is 0.702. The Morgan fingerprint density at radius 1 is 1.29 bits per heavy atom. The molecular weight excluding hydrogens is 376 g/mol. The van der Waals surface area contributed by atoms with Crippen LogP contribution in [0.3, 0.4) is 0 Å². The van der Waals surface area contributed by atoms with Gasteiger partial charge in [0.25, 0.3) is 5.91 Å². The number of nitrogens with zero attached hydrogens (tertiary/aromatic N) is 4. The van der Waals surface area contributed by atoms with E-state index >= 15 is 0 Å². The molecule has 0 aliphatic heterocycles. The number of halogens is 1. The number of hydrogen-bond acceptors (Lipinski definition) is 4. The number of aldehydes is 1. The summed E-state index contributed by atoms with van der Waals surface area (Å²) in [7, 11) is 4.69. The van der Waals surface area contributed by atoms with Crippen LogP contribution in [0.4, 0.5) is 5.82 Å². The van der Waals surface area contributed by atoms with E-state index in [0.717, 1.165) is 10.0 Å². The number of hydrogen-bond donors (Lipinski definition) is 0. The molecule has 0 saturated carbocycles. The van der Waals surface area contributed by atoms with Gasteiger partial charge < -0.3 is 14.4 Å². The molecule has 7 nitrogen and oxygen atoms in total. The molecule has 2 amide bonds. The highest BCUT2D eigenvalue weighted by atomic mass is 79.9. The number of amides is 2. The van der Waals surface area contributed by atoms with Crippen LogP contribution in [-0.2, 0) is 11.3 Å². The molecule has 0 atom stereocenters. The Morgan fingerprint density at radius 3 is 2.54 bits per heavy atom. The van der Waals surface area contributed by atoms with Gasteiger partial charge in [-0.1, -0.05) is 28.1 Å². The van der Waals surface area contributed by atoms with Gasteiger partial charge in [0, 0.05) is 25.6 Å². The summed E-state index contributed by atoms with van der Waals surface area (Å²) >= 11 is 3.40. The van der Waals surface area contributed by atoms with Crippen molar-refractivity contribution < 1.29 is 14.4 Å². The van der Waals surface area contributed by atoms with Crippen LogP contribution in [0.1, 0.15) is 26.7 Å². The number of imidazole rings is 1. The number of aromatic nitrogens is 2. The Labute approximate surface area is 148 Å². The van der Waals surface area contributed by atoms with Gasteiger partial charge in [0.15, 0.2) is 23.6 Å². The maximum atomic E-state index is 12.6. The van der Waals surface area contributed by atoms with Crippen molar-refractivity contribution in [3.8, 4) is 0 Å². The fourth-order valence-corrected chi connectivity index (χ4v) is 2.69. The lowest BCUT2D eigenvalue weighted by Crippen LogP contribution is -2.28. The Kier molecular flexibility index (Phi) is 5.50. The van der Waals surface area contributed by atoms with Crippen LogP contribution in [0.25, 0.3) is 0 Å². The zero-order valence-electron chi connectivity index (χ0n) is 13.6. The van der Waals surface area contributed by atoms with Crippen LogP contribution < -0.4 is 4.90 Å². The summed E-state index contributed by atoms with van der Waals surface area (Å²) in [6.07, 6.45) is 1.12. The molecule has 1 heterocycles. The third-order valence-corrected chi connectivity index (χ3v) is 3.91. The van der Waals surface area contributed by atoms with Crippen molar-refractivity contribution in [2.75, 3.05) is 26.0 Å². The second-order valence-electron chi connectivity index (χ2n) is 5.39. The average Bonchev–Trinajstić information content (AvgIpc) is 2.91. The third-order valence-electron chi connectivity index (χ3n) is 3.41. The predicted molar refractivity (Wildman–Crippen MR) is 93.3 cm³/mol. The summed E-state index contributed by atoms with van der Waals surface area (Å²) < 4.78 is 2.41. The van der Waals surface area contributed by atoms with E-state index in [-0.39, 0.29) is 29.8 Å². The van der Waals surface area contributed by atoms with Crippen molar-refractivity contribution in [2.24, 2.45) is 0 Å². The number of rotatable bonds is 6. The van der Waals surface area contributed by atoms with Crippen LogP contribution >= 0.6 is 15.9 Å². The first-order valence-corrected chi connectivity index (χ1v) is 7.88. The summed E-state index contributed by atoms with van der Waals surface area (Å²) in [6, 6.07) is 7.52. The van der Waals surface area contributed by atoms with Crippen molar-refractivity contribution >= 4 is 40.4 Å². The van der Waals surface area contributed by atoms with E-state index in [1.54, 1.807) is 14.1 Å². The molecule has 2 aromatic rings. The van der Waals surface area contributed by atoms with Gasteiger partial charge in [0.05, 0.1) is 6.54 Å². The lowest BCUT2D eigenvalue weighted by Gasteiger charge is -2.17. The monoisotopic (exact) mass is 392 g/mol. The molecule has 24 heavy (non-hydrogen) atoms. The zero-order chi connectivity index (χ0) is 17.9. The fraction of sp³-hybridized carbons (Fsp3) is 0.250. The molecular formula is C16H17BrN4O3. The molecule has 8 heteroatoms. The lowest BCUT2D eigenvalue weighted by molar-refractivity contribution is -0.107. The van der Waals surface area contributed by atoms with Crippen molar-refractivity contribution in [3.05, 3.63) is 45.8 Å². The summed E-state index contributed by atoms with van der Waals surface area (Å²) in [4.78, 5) is 41.9. The van der Waals surface area contributed by atoms with Gasteiger partial charge in [0.2, 0.25) is 6.41 Å². The van der Waals surface area contributed by atoms with E-state index in [4.69, 9.17) is 0 Å². The minimum Gasteiger partial charge on any atom is -0.343 e. The highest BCUT2D eigenvalue weighted by molar-refractivity contribution is 9.10. The molecule has 1 aromatic carbocycles. The van der Waals surface area contributed by atoms with Gasteiger partial charge in [0.1, 0.15) is 0 Å². The van der Waals surface area contributed by atoms with E-state index in [2.05, 4.69) is 20.9 Å². The third kappa shape index (κ3) is 3.53. The Balaban J connectivity index is 2.63. The van der Waals surface area contributed by atoms with Crippen molar-refractivity contribution in [1.29, 1.82) is 0 Å². The molecule has 0 fully saturated rings. The summed E-state index contributed by atoms with van der Waals surface area (Å²) in [5, 5.41) is 0. The molecule has 0 aliphatic carbocycles.